The van der Waals surface area contributed by atoms with E-state index in [9.17, 15) is 9.18 Å². The van der Waals surface area contributed by atoms with Gasteiger partial charge >= 0.3 is 5.97 Å². The normalized spacial score (nSPS) is 10.7. The van der Waals surface area contributed by atoms with Crippen molar-refractivity contribution >= 4 is 5.97 Å². The number of rotatable bonds is 9. The number of carboxylic acid groups (broad SMARTS) is 1. The molecule has 0 aliphatic rings. The summed E-state index contributed by atoms with van der Waals surface area (Å²) in [6.45, 7) is 1.58. The predicted molar refractivity (Wildman–Crippen MR) is 89.1 cm³/mol. The fourth-order valence-electron chi connectivity index (χ4n) is 2.45. The van der Waals surface area contributed by atoms with E-state index >= 15 is 0 Å². The standard InChI is InChI=1S/C19H22FNO2/c20-18-10-8-15(9-11-18)5-2-1-3-12-21-14-16-6-4-7-17(13-16)19(22)23/h4,6-11,13,21H,1-3,5,12,14H2,(H,22,23). The van der Waals surface area contributed by atoms with Crippen LogP contribution >= 0.6 is 0 Å². The van der Waals surface area contributed by atoms with E-state index in [1.165, 1.54) is 17.7 Å². The third kappa shape index (κ3) is 6.20. The van der Waals surface area contributed by atoms with E-state index in [2.05, 4.69) is 5.32 Å². The Morgan fingerprint density at radius 3 is 2.52 bits per heavy atom. The number of hydrogen-bond donors (Lipinski definition) is 2. The minimum absolute atomic E-state index is 0.190. The molecule has 4 heteroatoms. The van der Waals surface area contributed by atoms with Gasteiger partial charge in [0.25, 0.3) is 0 Å². The molecule has 0 amide bonds. The average Bonchev–Trinajstić information content (AvgIpc) is 2.56. The molecule has 0 spiro atoms. The van der Waals surface area contributed by atoms with Crippen LogP contribution in [0.2, 0.25) is 0 Å². The lowest BCUT2D eigenvalue weighted by Gasteiger charge is -2.06. The van der Waals surface area contributed by atoms with E-state index in [1.807, 2.05) is 18.2 Å². The Hall–Kier alpha value is -2.20. The smallest absolute Gasteiger partial charge is 0.335 e. The second-order valence-electron chi connectivity index (χ2n) is 5.62. The summed E-state index contributed by atoms with van der Waals surface area (Å²) in [5.74, 6) is -1.09. The van der Waals surface area contributed by atoms with Crippen molar-refractivity contribution in [1.82, 2.24) is 5.32 Å². The van der Waals surface area contributed by atoms with Crippen LogP contribution in [0.5, 0.6) is 0 Å². The Balaban J connectivity index is 1.58. The molecule has 122 valence electrons. The quantitative estimate of drug-likeness (QED) is 0.687. The van der Waals surface area contributed by atoms with Gasteiger partial charge in [0.15, 0.2) is 0 Å². The zero-order valence-corrected chi connectivity index (χ0v) is 13.1. The number of carboxylic acids is 1. The monoisotopic (exact) mass is 315 g/mol. The summed E-state index contributed by atoms with van der Waals surface area (Å²) < 4.78 is 12.8. The summed E-state index contributed by atoms with van der Waals surface area (Å²) in [6, 6.07) is 13.7. The zero-order valence-electron chi connectivity index (χ0n) is 13.1. The van der Waals surface area contributed by atoms with Gasteiger partial charge in [-0.2, -0.15) is 0 Å². The van der Waals surface area contributed by atoms with E-state index in [1.54, 1.807) is 18.2 Å². The summed E-state index contributed by atoms with van der Waals surface area (Å²) in [4.78, 5) is 10.9. The van der Waals surface area contributed by atoms with Crippen LogP contribution in [0.3, 0.4) is 0 Å². The highest BCUT2D eigenvalue weighted by Crippen LogP contribution is 2.08. The molecule has 0 aromatic heterocycles. The van der Waals surface area contributed by atoms with E-state index in [4.69, 9.17) is 5.11 Å². The van der Waals surface area contributed by atoms with Gasteiger partial charge in [-0.05, 0) is 61.2 Å². The van der Waals surface area contributed by atoms with Crippen molar-refractivity contribution in [1.29, 1.82) is 0 Å². The Bertz CT molecular complexity index is 626. The number of benzene rings is 2. The van der Waals surface area contributed by atoms with Crippen molar-refractivity contribution in [2.24, 2.45) is 0 Å². The van der Waals surface area contributed by atoms with Crippen molar-refractivity contribution in [3.8, 4) is 0 Å². The van der Waals surface area contributed by atoms with E-state index in [0.717, 1.165) is 37.8 Å². The molecule has 0 saturated carbocycles. The minimum Gasteiger partial charge on any atom is -0.478 e. The summed E-state index contributed by atoms with van der Waals surface area (Å²) in [5, 5.41) is 12.3. The molecule has 0 saturated heterocycles. The Labute approximate surface area is 136 Å². The molecule has 0 fully saturated rings. The minimum atomic E-state index is -0.896. The largest absolute Gasteiger partial charge is 0.478 e. The van der Waals surface area contributed by atoms with Crippen LogP contribution in [0.25, 0.3) is 0 Å². The molecule has 2 rings (SSSR count). The SMILES string of the molecule is O=C(O)c1cccc(CNCCCCCc2ccc(F)cc2)c1. The lowest BCUT2D eigenvalue weighted by atomic mass is 10.1. The van der Waals surface area contributed by atoms with Gasteiger partial charge in [-0.3, -0.25) is 0 Å². The third-order valence-electron chi connectivity index (χ3n) is 3.74. The first-order chi connectivity index (χ1) is 11.1. The molecule has 0 heterocycles. The summed E-state index contributed by atoms with van der Waals surface area (Å²) in [7, 11) is 0. The average molecular weight is 315 g/mol. The number of unbranched alkanes of at least 4 members (excludes halogenated alkanes) is 2. The fourth-order valence-corrected chi connectivity index (χ4v) is 2.45. The van der Waals surface area contributed by atoms with Crippen molar-refractivity contribution in [2.75, 3.05) is 6.54 Å². The number of aromatic carboxylic acids is 1. The van der Waals surface area contributed by atoms with Crippen LogP contribution in [-0.2, 0) is 13.0 Å². The number of nitrogens with one attached hydrogen (secondary N) is 1. The summed E-state index contributed by atoms with van der Waals surface area (Å²) >= 11 is 0. The molecule has 0 bridgehead atoms. The second kappa shape index (κ2) is 9.06. The first-order valence-electron chi connectivity index (χ1n) is 7.92. The molecule has 2 aromatic carbocycles. The summed E-state index contributed by atoms with van der Waals surface area (Å²) in [5.41, 5.74) is 2.48. The first kappa shape index (κ1) is 17.2. The maximum atomic E-state index is 12.8. The summed E-state index contributed by atoms with van der Waals surface area (Å²) in [6.07, 6.45) is 4.24. The maximum absolute atomic E-state index is 12.8. The van der Waals surface area contributed by atoms with Crippen molar-refractivity contribution in [2.45, 2.75) is 32.2 Å². The van der Waals surface area contributed by atoms with Crippen LogP contribution in [0.4, 0.5) is 4.39 Å². The number of hydrogen-bond acceptors (Lipinski definition) is 2. The highest BCUT2D eigenvalue weighted by Gasteiger charge is 2.02. The van der Waals surface area contributed by atoms with Gasteiger partial charge in [0, 0.05) is 6.54 Å². The molecule has 2 aromatic rings. The molecule has 23 heavy (non-hydrogen) atoms. The van der Waals surface area contributed by atoms with Gasteiger partial charge in [-0.15, -0.1) is 0 Å². The van der Waals surface area contributed by atoms with Gasteiger partial charge in [0.1, 0.15) is 5.82 Å². The van der Waals surface area contributed by atoms with Crippen LogP contribution < -0.4 is 5.32 Å². The number of aryl methyl sites for hydroxylation is 1. The Morgan fingerprint density at radius 2 is 1.78 bits per heavy atom. The topological polar surface area (TPSA) is 49.3 Å². The van der Waals surface area contributed by atoms with Crippen molar-refractivity contribution < 1.29 is 14.3 Å². The van der Waals surface area contributed by atoms with Crippen molar-refractivity contribution in [3.63, 3.8) is 0 Å². The van der Waals surface area contributed by atoms with Crippen LogP contribution in [0.1, 0.15) is 40.7 Å². The molecule has 0 aliphatic heterocycles. The van der Waals surface area contributed by atoms with Crippen molar-refractivity contribution in [3.05, 3.63) is 71.0 Å². The maximum Gasteiger partial charge on any atom is 0.335 e. The molecular weight excluding hydrogens is 293 g/mol. The van der Waals surface area contributed by atoms with Gasteiger partial charge in [-0.1, -0.05) is 30.7 Å². The molecule has 0 aliphatic carbocycles. The van der Waals surface area contributed by atoms with Crippen LogP contribution in [0.15, 0.2) is 48.5 Å². The van der Waals surface area contributed by atoms with Gasteiger partial charge in [0.05, 0.1) is 5.56 Å². The zero-order chi connectivity index (χ0) is 16.5. The van der Waals surface area contributed by atoms with E-state index < -0.39 is 5.97 Å². The molecule has 0 unspecified atom stereocenters. The lowest BCUT2D eigenvalue weighted by Crippen LogP contribution is -2.15. The molecule has 3 nitrogen and oxygen atoms in total. The third-order valence-corrected chi connectivity index (χ3v) is 3.74. The van der Waals surface area contributed by atoms with E-state index in [0.29, 0.717) is 12.1 Å². The molecule has 0 radical (unpaired) electrons. The molecule has 0 atom stereocenters. The lowest BCUT2D eigenvalue weighted by molar-refractivity contribution is 0.0696. The first-order valence-corrected chi connectivity index (χ1v) is 7.92. The van der Waals surface area contributed by atoms with Crippen LogP contribution in [-0.4, -0.2) is 17.6 Å². The van der Waals surface area contributed by atoms with Gasteiger partial charge in [0.2, 0.25) is 0 Å². The highest BCUT2D eigenvalue weighted by atomic mass is 19.1. The molecule has 2 N–H and O–H groups in total. The van der Waals surface area contributed by atoms with Crippen LogP contribution in [0, 0.1) is 5.82 Å². The second-order valence-corrected chi connectivity index (χ2v) is 5.62. The van der Waals surface area contributed by atoms with Gasteiger partial charge in [-0.25, -0.2) is 9.18 Å². The fraction of sp³-hybridized carbons (Fsp3) is 0.316. The predicted octanol–water partition coefficient (Wildman–Crippen LogP) is 4.03. The number of carbonyl (C=O) groups is 1. The molecular formula is C19H22FNO2. The van der Waals surface area contributed by atoms with Gasteiger partial charge < -0.3 is 10.4 Å². The Morgan fingerprint density at radius 1 is 1.00 bits per heavy atom. The Kier molecular flexibility index (Phi) is 6.76. The highest BCUT2D eigenvalue weighted by molar-refractivity contribution is 5.87. The van der Waals surface area contributed by atoms with E-state index in [-0.39, 0.29) is 5.82 Å². The number of halogens is 1.